The zero-order chi connectivity index (χ0) is 24.6. The maximum Gasteiger partial charge on any atom is 0.322 e. The van der Waals surface area contributed by atoms with Gasteiger partial charge in [-0.05, 0) is 42.0 Å². The molecule has 0 aliphatic carbocycles. The molecule has 3 amide bonds. The molecule has 0 atom stereocenters. The van der Waals surface area contributed by atoms with Gasteiger partial charge in [-0.2, -0.15) is 0 Å². The van der Waals surface area contributed by atoms with E-state index < -0.39 is 0 Å². The molecule has 0 bridgehead atoms. The predicted octanol–water partition coefficient (Wildman–Crippen LogP) is 3.49. The van der Waals surface area contributed by atoms with Gasteiger partial charge in [0.15, 0.2) is 11.5 Å². The Morgan fingerprint density at radius 2 is 1.91 bits per heavy atom. The smallest absolute Gasteiger partial charge is 0.322 e. The van der Waals surface area contributed by atoms with E-state index in [0.717, 1.165) is 5.56 Å². The van der Waals surface area contributed by atoms with Gasteiger partial charge in [0.2, 0.25) is 6.79 Å². The van der Waals surface area contributed by atoms with Gasteiger partial charge in [-0.3, -0.25) is 4.79 Å². The largest absolute Gasteiger partial charge is 0.497 e. The van der Waals surface area contributed by atoms with E-state index >= 15 is 0 Å². The van der Waals surface area contributed by atoms with E-state index in [2.05, 4.69) is 15.6 Å². The zero-order valence-electron chi connectivity index (χ0n) is 19.4. The van der Waals surface area contributed by atoms with E-state index in [1.165, 1.54) is 11.3 Å². The zero-order valence-corrected chi connectivity index (χ0v) is 20.2. The molecule has 1 aliphatic heterocycles. The summed E-state index contributed by atoms with van der Waals surface area (Å²) in [6.45, 7) is 1.50. The summed E-state index contributed by atoms with van der Waals surface area (Å²) in [5.74, 6) is 1.76. The van der Waals surface area contributed by atoms with Crippen molar-refractivity contribution in [1.29, 1.82) is 0 Å². The lowest BCUT2D eigenvalue weighted by atomic mass is 10.2. The number of carbonyl (C=O) groups is 2. The van der Waals surface area contributed by atoms with Crippen LogP contribution in [-0.4, -0.2) is 56.0 Å². The van der Waals surface area contributed by atoms with E-state index in [9.17, 15) is 9.59 Å². The van der Waals surface area contributed by atoms with E-state index in [1.807, 2.05) is 18.2 Å². The molecule has 0 unspecified atom stereocenters. The number of hydrogen-bond donors (Lipinski definition) is 2. The second kappa shape index (κ2) is 11.5. The Kier molecular flexibility index (Phi) is 8.01. The van der Waals surface area contributed by atoms with Crippen LogP contribution in [0.2, 0.25) is 0 Å². The number of rotatable bonds is 10. The van der Waals surface area contributed by atoms with Gasteiger partial charge in [0.25, 0.3) is 5.91 Å². The number of ether oxygens (including phenoxy) is 4. The monoisotopic (exact) mass is 498 g/mol. The highest BCUT2D eigenvalue weighted by molar-refractivity contribution is 7.09. The number of amides is 3. The van der Waals surface area contributed by atoms with Crippen LogP contribution in [-0.2, 0) is 17.8 Å². The number of benzene rings is 2. The molecule has 3 aromatic rings. The first-order valence-corrected chi connectivity index (χ1v) is 11.7. The number of hydrogen-bond acceptors (Lipinski definition) is 8. The molecular formula is C24H26N4O6S. The van der Waals surface area contributed by atoms with Crippen molar-refractivity contribution < 1.29 is 28.5 Å². The van der Waals surface area contributed by atoms with Crippen LogP contribution in [0.3, 0.4) is 0 Å². The third kappa shape index (κ3) is 6.40. The van der Waals surface area contributed by atoms with Crippen molar-refractivity contribution in [2.24, 2.45) is 0 Å². The number of aromatic nitrogens is 1. The minimum Gasteiger partial charge on any atom is -0.497 e. The van der Waals surface area contributed by atoms with Crippen molar-refractivity contribution in [3.05, 3.63) is 64.1 Å². The fourth-order valence-corrected chi connectivity index (χ4v) is 4.09. The van der Waals surface area contributed by atoms with Gasteiger partial charge in [-0.15, -0.1) is 11.3 Å². The summed E-state index contributed by atoms with van der Waals surface area (Å²) in [6, 6.07) is 12.3. The Morgan fingerprint density at radius 1 is 1.11 bits per heavy atom. The summed E-state index contributed by atoms with van der Waals surface area (Å²) >= 11 is 1.32. The topological polar surface area (TPSA) is 111 Å². The lowest BCUT2D eigenvalue weighted by Crippen LogP contribution is -2.36. The SMILES string of the molecule is COCCN(Cc1nc(C(=O)NCc2ccc3c(c2)OCO3)cs1)C(=O)Nc1ccc(OC)cc1. The standard InChI is InChI=1S/C24H26N4O6S/c1-31-10-9-28(24(30)26-17-4-6-18(32-2)7-5-17)13-22-27-19(14-35-22)23(29)25-12-16-3-8-20-21(11-16)34-15-33-20/h3-8,11,14H,9-10,12-13,15H2,1-2H3,(H,25,29)(H,26,30). The highest BCUT2D eigenvalue weighted by Gasteiger charge is 2.18. The summed E-state index contributed by atoms with van der Waals surface area (Å²) in [5.41, 5.74) is 1.83. The fourth-order valence-electron chi connectivity index (χ4n) is 3.31. The first-order chi connectivity index (χ1) is 17.1. The molecule has 2 aromatic carbocycles. The highest BCUT2D eigenvalue weighted by atomic mass is 32.1. The lowest BCUT2D eigenvalue weighted by Gasteiger charge is -2.22. The Morgan fingerprint density at radius 3 is 2.69 bits per heavy atom. The van der Waals surface area contributed by atoms with Gasteiger partial charge in [0.1, 0.15) is 16.5 Å². The number of urea groups is 1. The van der Waals surface area contributed by atoms with Crippen molar-refractivity contribution >= 4 is 29.0 Å². The van der Waals surface area contributed by atoms with E-state index in [-0.39, 0.29) is 25.3 Å². The molecular weight excluding hydrogens is 472 g/mol. The first-order valence-electron chi connectivity index (χ1n) is 10.9. The lowest BCUT2D eigenvalue weighted by molar-refractivity contribution is 0.0946. The number of fused-ring (bicyclic) bond motifs is 1. The van der Waals surface area contributed by atoms with Crippen molar-refractivity contribution in [3.8, 4) is 17.2 Å². The Labute approximate surface area is 206 Å². The minimum absolute atomic E-state index is 0.201. The van der Waals surface area contributed by atoms with Crippen LogP contribution in [0.25, 0.3) is 0 Å². The Balaban J connectivity index is 1.34. The van der Waals surface area contributed by atoms with Crippen LogP contribution >= 0.6 is 11.3 Å². The number of nitrogens with zero attached hydrogens (tertiary/aromatic N) is 2. The molecule has 0 saturated heterocycles. The predicted molar refractivity (Wildman–Crippen MR) is 130 cm³/mol. The van der Waals surface area contributed by atoms with Crippen LogP contribution in [0.4, 0.5) is 10.5 Å². The van der Waals surface area contributed by atoms with Crippen molar-refractivity contribution in [2.75, 3.05) is 39.5 Å². The highest BCUT2D eigenvalue weighted by Crippen LogP contribution is 2.32. The summed E-state index contributed by atoms with van der Waals surface area (Å²) < 4.78 is 21.0. The second-order valence-corrected chi connectivity index (χ2v) is 8.51. The molecule has 2 heterocycles. The van der Waals surface area contributed by atoms with Gasteiger partial charge >= 0.3 is 6.03 Å². The Bertz CT molecular complexity index is 1170. The number of anilines is 1. The van der Waals surface area contributed by atoms with Gasteiger partial charge in [0.05, 0.1) is 20.3 Å². The molecule has 0 fully saturated rings. The maximum absolute atomic E-state index is 12.9. The molecule has 184 valence electrons. The van der Waals surface area contributed by atoms with Crippen LogP contribution < -0.4 is 24.8 Å². The van der Waals surface area contributed by atoms with Gasteiger partial charge in [-0.1, -0.05) is 6.07 Å². The van der Waals surface area contributed by atoms with Crippen molar-refractivity contribution in [2.45, 2.75) is 13.1 Å². The van der Waals surface area contributed by atoms with Gasteiger partial charge in [0, 0.05) is 31.3 Å². The van der Waals surface area contributed by atoms with Crippen LogP contribution in [0, 0.1) is 0 Å². The molecule has 0 spiro atoms. The molecule has 4 rings (SSSR count). The molecule has 1 aliphatic rings. The fraction of sp³-hybridized carbons (Fsp3) is 0.292. The molecule has 1 aromatic heterocycles. The molecule has 2 N–H and O–H groups in total. The van der Waals surface area contributed by atoms with E-state index in [4.69, 9.17) is 18.9 Å². The van der Waals surface area contributed by atoms with Crippen molar-refractivity contribution in [1.82, 2.24) is 15.2 Å². The van der Waals surface area contributed by atoms with E-state index in [0.29, 0.717) is 53.3 Å². The second-order valence-electron chi connectivity index (χ2n) is 7.57. The molecule has 35 heavy (non-hydrogen) atoms. The van der Waals surface area contributed by atoms with Gasteiger partial charge in [-0.25, -0.2) is 9.78 Å². The number of nitrogens with one attached hydrogen (secondary N) is 2. The molecule has 10 nitrogen and oxygen atoms in total. The molecule has 11 heteroatoms. The first kappa shape index (κ1) is 24.3. The number of thiazole rings is 1. The van der Waals surface area contributed by atoms with Gasteiger partial charge < -0.3 is 34.5 Å². The summed E-state index contributed by atoms with van der Waals surface area (Å²) in [4.78, 5) is 31.5. The summed E-state index contributed by atoms with van der Waals surface area (Å²) in [6.07, 6.45) is 0. The third-order valence-electron chi connectivity index (χ3n) is 5.19. The van der Waals surface area contributed by atoms with Crippen LogP contribution in [0.15, 0.2) is 47.8 Å². The maximum atomic E-state index is 12.9. The van der Waals surface area contributed by atoms with Crippen molar-refractivity contribution in [3.63, 3.8) is 0 Å². The number of methoxy groups -OCH3 is 2. The normalized spacial score (nSPS) is 11.7. The summed E-state index contributed by atoms with van der Waals surface area (Å²) in [5, 5.41) is 8.04. The minimum atomic E-state index is -0.295. The number of carbonyl (C=O) groups excluding carboxylic acids is 2. The third-order valence-corrected chi connectivity index (χ3v) is 6.03. The Hall–Kier alpha value is -3.83. The van der Waals surface area contributed by atoms with Crippen LogP contribution in [0.1, 0.15) is 21.1 Å². The summed E-state index contributed by atoms with van der Waals surface area (Å²) in [7, 11) is 3.16. The molecule has 0 saturated carbocycles. The molecule has 0 radical (unpaired) electrons. The van der Waals surface area contributed by atoms with Crippen LogP contribution in [0.5, 0.6) is 17.2 Å². The average molecular weight is 499 g/mol. The average Bonchev–Trinajstić information content (AvgIpc) is 3.54. The van der Waals surface area contributed by atoms with E-state index in [1.54, 1.807) is 48.8 Å². The quantitative estimate of drug-likeness (QED) is 0.440.